The second-order valence-electron chi connectivity index (χ2n) is 10.8. The minimum Gasteiger partial charge on any atom is -0.392 e. The summed E-state index contributed by atoms with van der Waals surface area (Å²) in [4.78, 5) is 2.21. The van der Waals surface area contributed by atoms with Gasteiger partial charge in [-0.25, -0.2) is 0 Å². The highest BCUT2D eigenvalue weighted by atomic mass is 16.5. The van der Waals surface area contributed by atoms with Crippen molar-refractivity contribution in [1.29, 1.82) is 0 Å². The van der Waals surface area contributed by atoms with Gasteiger partial charge in [-0.1, -0.05) is 124 Å². The van der Waals surface area contributed by atoms with Crippen LogP contribution in [0.15, 0.2) is 0 Å². The average molecular weight is 516 g/mol. The molecule has 0 radical (unpaired) electrons. The zero-order valence-electron chi connectivity index (χ0n) is 24.7. The molecule has 2 atom stereocenters. The lowest BCUT2D eigenvalue weighted by atomic mass is 10.0. The minimum absolute atomic E-state index is 0.326. The molecule has 5 nitrogen and oxygen atoms in total. The summed E-state index contributed by atoms with van der Waals surface area (Å²) in [5.41, 5.74) is 0. The number of nitrogens with zero attached hydrogens (tertiary/aromatic N) is 1. The molecule has 0 aromatic carbocycles. The van der Waals surface area contributed by atoms with Gasteiger partial charge < -0.3 is 19.7 Å². The number of aliphatic hydroxyl groups excluding tert-OH is 2. The van der Waals surface area contributed by atoms with Gasteiger partial charge in [0.15, 0.2) is 0 Å². The SMILES string of the molecule is CCCCCCCCCCC(O)CN(CCOCCOCCC)CC(O)CCCCCCCCCC. The molecule has 0 heterocycles. The van der Waals surface area contributed by atoms with E-state index >= 15 is 0 Å². The van der Waals surface area contributed by atoms with Gasteiger partial charge in [0.2, 0.25) is 0 Å². The van der Waals surface area contributed by atoms with Gasteiger partial charge in [0.1, 0.15) is 0 Å². The highest BCUT2D eigenvalue weighted by Crippen LogP contribution is 2.13. The van der Waals surface area contributed by atoms with Crippen molar-refractivity contribution in [1.82, 2.24) is 4.90 Å². The molecule has 0 aromatic rings. The fourth-order valence-electron chi connectivity index (χ4n) is 4.72. The summed E-state index contributed by atoms with van der Waals surface area (Å²) < 4.78 is 11.2. The van der Waals surface area contributed by atoms with E-state index in [1.807, 2.05) is 0 Å². The van der Waals surface area contributed by atoms with Crippen molar-refractivity contribution in [2.24, 2.45) is 0 Å². The van der Waals surface area contributed by atoms with Gasteiger partial charge in [-0.05, 0) is 19.3 Å². The van der Waals surface area contributed by atoms with Crippen molar-refractivity contribution in [2.75, 3.05) is 46.1 Å². The van der Waals surface area contributed by atoms with E-state index in [9.17, 15) is 10.2 Å². The Balaban J connectivity index is 4.17. The Morgan fingerprint density at radius 3 is 1.28 bits per heavy atom. The fraction of sp³-hybridized carbons (Fsp3) is 1.00. The quantitative estimate of drug-likeness (QED) is 0.0969. The molecule has 0 fully saturated rings. The molecule has 0 amide bonds. The zero-order chi connectivity index (χ0) is 26.5. The largest absolute Gasteiger partial charge is 0.392 e. The summed E-state index contributed by atoms with van der Waals surface area (Å²) in [6, 6.07) is 0. The fourth-order valence-corrected chi connectivity index (χ4v) is 4.72. The maximum atomic E-state index is 10.7. The van der Waals surface area contributed by atoms with Crippen LogP contribution >= 0.6 is 0 Å². The average Bonchev–Trinajstić information content (AvgIpc) is 2.86. The Bertz CT molecular complexity index is 382. The number of hydrogen-bond acceptors (Lipinski definition) is 5. The maximum absolute atomic E-state index is 10.7. The van der Waals surface area contributed by atoms with Gasteiger partial charge in [0.05, 0.1) is 32.0 Å². The first-order valence-electron chi connectivity index (χ1n) is 15.9. The molecule has 0 spiro atoms. The second-order valence-corrected chi connectivity index (χ2v) is 10.8. The van der Waals surface area contributed by atoms with Gasteiger partial charge in [0, 0.05) is 26.2 Å². The molecule has 0 aliphatic carbocycles. The van der Waals surface area contributed by atoms with Crippen LogP contribution in [0.25, 0.3) is 0 Å². The van der Waals surface area contributed by atoms with Crippen LogP contribution < -0.4 is 0 Å². The Hall–Kier alpha value is -0.200. The predicted octanol–water partition coefficient (Wildman–Crippen LogP) is 7.52. The summed E-state index contributed by atoms with van der Waals surface area (Å²) in [5, 5.41) is 21.3. The number of unbranched alkanes of at least 4 members (excludes halogenated alkanes) is 14. The summed E-state index contributed by atoms with van der Waals surface area (Å²) >= 11 is 0. The first-order valence-corrected chi connectivity index (χ1v) is 15.9. The minimum atomic E-state index is -0.326. The molecule has 0 aliphatic rings. The highest BCUT2D eigenvalue weighted by molar-refractivity contribution is 4.70. The first-order chi connectivity index (χ1) is 17.6. The normalized spacial score (nSPS) is 13.5. The summed E-state index contributed by atoms with van der Waals surface area (Å²) in [7, 11) is 0. The monoisotopic (exact) mass is 515 g/mol. The van der Waals surface area contributed by atoms with Crippen LogP contribution in [0.2, 0.25) is 0 Å². The molecule has 0 aliphatic heterocycles. The molecule has 2 unspecified atom stereocenters. The van der Waals surface area contributed by atoms with E-state index in [4.69, 9.17) is 9.47 Å². The molecule has 5 heteroatoms. The van der Waals surface area contributed by atoms with Crippen molar-refractivity contribution in [3.63, 3.8) is 0 Å². The topological polar surface area (TPSA) is 62.2 Å². The third-order valence-corrected chi connectivity index (χ3v) is 6.99. The molecule has 2 N–H and O–H groups in total. The van der Waals surface area contributed by atoms with Crippen LogP contribution in [-0.2, 0) is 9.47 Å². The van der Waals surface area contributed by atoms with Gasteiger partial charge in [0.25, 0.3) is 0 Å². The molecule has 0 aromatic heterocycles. The first kappa shape index (κ1) is 35.8. The highest BCUT2D eigenvalue weighted by Gasteiger charge is 2.16. The maximum Gasteiger partial charge on any atom is 0.0701 e. The Labute approximate surface area is 225 Å². The standard InChI is InChI=1S/C31H65NO4/c1-4-7-9-11-13-15-17-19-21-30(33)28-32(23-25-36-27-26-35-24-6-3)29-31(34)22-20-18-16-14-12-10-8-5-2/h30-31,33-34H,4-29H2,1-3H3. The molecular weight excluding hydrogens is 450 g/mol. The smallest absolute Gasteiger partial charge is 0.0701 e. The van der Waals surface area contributed by atoms with Crippen LogP contribution in [0.3, 0.4) is 0 Å². The Morgan fingerprint density at radius 2 is 0.861 bits per heavy atom. The third kappa shape index (κ3) is 26.9. The van der Waals surface area contributed by atoms with Crippen molar-refractivity contribution in [3.05, 3.63) is 0 Å². The number of hydrogen-bond donors (Lipinski definition) is 2. The van der Waals surface area contributed by atoms with E-state index in [0.29, 0.717) is 32.9 Å². The van der Waals surface area contributed by atoms with Gasteiger partial charge >= 0.3 is 0 Å². The van der Waals surface area contributed by atoms with Crippen molar-refractivity contribution < 1.29 is 19.7 Å². The molecule has 36 heavy (non-hydrogen) atoms. The van der Waals surface area contributed by atoms with Crippen molar-refractivity contribution in [3.8, 4) is 0 Å². The zero-order valence-corrected chi connectivity index (χ0v) is 24.7. The van der Waals surface area contributed by atoms with Gasteiger partial charge in [-0.2, -0.15) is 0 Å². The summed E-state index contributed by atoms with van der Waals surface area (Å²) in [5.74, 6) is 0. The van der Waals surface area contributed by atoms with Crippen LogP contribution in [0, 0.1) is 0 Å². The van der Waals surface area contributed by atoms with E-state index in [1.54, 1.807) is 0 Å². The third-order valence-electron chi connectivity index (χ3n) is 6.99. The summed E-state index contributed by atoms with van der Waals surface area (Å²) in [6.45, 7) is 11.3. The number of ether oxygens (including phenoxy) is 2. The molecule has 0 saturated heterocycles. The molecular formula is C31H65NO4. The van der Waals surface area contributed by atoms with E-state index in [0.717, 1.165) is 45.3 Å². The van der Waals surface area contributed by atoms with Gasteiger partial charge in [-0.15, -0.1) is 0 Å². The van der Waals surface area contributed by atoms with Crippen molar-refractivity contribution >= 4 is 0 Å². The van der Waals surface area contributed by atoms with Crippen LogP contribution in [-0.4, -0.2) is 73.4 Å². The molecule has 0 rings (SSSR count). The lowest BCUT2D eigenvalue weighted by Gasteiger charge is -2.27. The van der Waals surface area contributed by atoms with E-state index in [2.05, 4.69) is 25.7 Å². The predicted molar refractivity (Wildman–Crippen MR) is 155 cm³/mol. The van der Waals surface area contributed by atoms with E-state index in [-0.39, 0.29) is 12.2 Å². The second kappa shape index (κ2) is 29.4. The molecule has 0 saturated carbocycles. The van der Waals surface area contributed by atoms with Crippen LogP contribution in [0.1, 0.15) is 143 Å². The van der Waals surface area contributed by atoms with Gasteiger partial charge in [-0.3, -0.25) is 4.90 Å². The molecule has 218 valence electrons. The van der Waals surface area contributed by atoms with Crippen LogP contribution in [0.5, 0.6) is 0 Å². The Kier molecular flexibility index (Phi) is 29.2. The van der Waals surface area contributed by atoms with E-state index < -0.39 is 0 Å². The Morgan fingerprint density at radius 1 is 0.472 bits per heavy atom. The number of rotatable bonds is 30. The molecule has 0 bridgehead atoms. The lowest BCUT2D eigenvalue weighted by Crippen LogP contribution is -2.40. The lowest BCUT2D eigenvalue weighted by molar-refractivity contribution is 0.0185. The number of aliphatic hydroxyl groups is 2. The summed E-state index contributed by atoms with van der Waals surface area (Å²) in [6.07, 6.45) is 22.7. The van der Waals surface area contributed by atoms with E-state index in [1.165, 1.54) is 89.9 Å². The van der Waals surface area contributed by atoms with Crippen LogP contribution in [0.4, 0.5) is 0 Å². The van der Waals surface area contributed by atoms with Crippen molar-refractivity contribution in [2.45, 2.75) is 155 Å².